The number of urea groups is 1. The molecule has 0 bridgehead atoms. The Kier molecular flexibility index (Phi) is 7.49. The van der Waals surface area contributed by atoms with Crippen LogP contribution in [0.5, 0.6) is 5.75 Å². The van der Waals surface area contributed by atoms with Crippen LogP contribution in [0.25, 0.3) is 11.1 Å². The molecule has 4 N–H and O–H groups in total. The SMILES string of the molecule is CC(C)NC(=O)COc1cc(F)cc([C@@H](CO)NC(=O)N2CCc3cc(-c4cn[nH]c4)c(F)cc32)c1. The lowest BCUT2D eigenvalue weighted by Crippen LogP contribution is -2.42. The summed E-state index contributed by atoms with van der Waals surface area (Å²) in [4.78, 5) is 26.3. The molecule has 4 rings (SSSR count). The first-order valence-corrected chi connectivity index (χ1v) is 11.5. The van der Waals surface area contributed by atoms with Gasteiger partial charge in [-0.2, -0.15) is 5.10 Å². The van der Waals surface area contributed by atoms with Gasteiger partial charge in [0.1, 0.15) is 17.4 Å². The van der Waals surface area contributed by atoms with Gasteiger partial charge in [-0.3, -0.25) is 14.8 Å². The van der Waals surface area contributed by atoms with Crippen molar-refractivity contribution in [2.45, 2.75) is 32.4 Å². The third-order valence-corrected chi connectivity index (χ3v) is 5.71. The lowest BCUT2D eigenvalue weighted by molar-refractivity contribution is -0.123. The second-order valence-corrected chi connectivity index (χ2v) is 8.77. The van der Waals surface area contributed by atoms with Crippen LogP contribution in [0.15, 0.2) is 42.7 Å². The highest BCUT2D eigenvalue weighted by Crippen LogP contribution is 2.34. The quantitative estimate of drug-likeness (QED) is 0.380. The summed E-state index contributed by atoms with van der Waals surface area (Å²) in [6.45, 7) is 3.09. The van der Waals surface area contributed by atoms with Crippen LogP contribution < -0.4 is 20.3 Å². The molecule has 1 aromatic heterocycles. The average Bonchev–Trinajstić information content (AvgIpc) is 3.50. The van der Waals surface area contributed by atoms with E-state index >= 15 is 0 Å². The number of aliphatic hydroxyl groups is 1. The average molecular weight is 500 g/mol. The van der Waals surface area contributed by atoms with E-state index < -0.39 is 30.3 Å². The van der Waals surface area contributed by atoms with Crippen LogP contribution in [-0.2, 0) is 11.2 Å². The van der Waals surface area contributed by atoms with Gasteiger partial charge in [0.05, 0.1) is 24.5 Å². The van der Waals surface area contributed by atoms with Crippen LogP contribution >= 0.6 is 0 Å². The maximum absolute atomic E-state index is 14.8. The summed E-state index contributed by atoms with van der Waals surface area (Å²) in [7, 11) is 0. The number of anilines is 1. The number of aliphatic hydroxyl groups excluding tert-OH is 1. The first-order valence-electron chi connectivity index (χ1n) is 11.5. The van der Waals surface area contributed by atoms with Crippen LogP contribution in [0.1, 0.15) is 31.0 Å². The van der Waals surface area contributed by atoms with Gasteiger partial charge in [0.25, 0.3) is 5.91 Å². The number of aromatic amines is 1. The molecule has 1 aliphatic heterocycles. The summed E-state index contributed by atoms with van der Waals surface area (Å²) >= 11 is 0. The first kappa shape index (κ1) is 25.1. The van der Waals surface area contributed by atoms with Gasteiger partial charge < -0.3 is 20.5 Å². The second-order valence-electron chi connectivity index (χ2n) is 8.77. The molecular weight excluding hydrogens is 472 g/mol. The van der Waals surface area contributed by atoms with E-state index in [0.717, 1.165) is 17.7 Å². The molecule has 1 atom stereocenters. The highest BCUT2D eigenvalue weighted by atomic mass is 19.1. The van der Waals surface area contributed by atoms with Crippen molar-refractivity contribution >= 4 is 17.6 Å². The number of aromatic nitrogens is 2. The fourth-order valence-corrected chi connectivity index (χ4v) is 4.08. The fraction of sp³-hybridized carbons (Fsp3) is 0.320. The smallest absolute Gasteiger partial charge is 0.322 e. The summed E-state index contributed by atoms with van der Waals surface area (Å²) in [5, 5.41) is 21.8. The first-order chi connectivity index (χ1) is 17.2. The molecule has 190 valence electrons. The van der Waals surface area contributed by atoms with E-state index in [0.29, 0.717) is 29.8 Å². The Morgan fingerprint density at radius 2 is 2.00 bits per heavy atom. The van der Waals surface area contributed by atoms with Gasteiger partial charge in [-0.1, -0.05) is 0 Å². The van der Waals surface area contributed by atoms with Crippen molar-refractivity contribution in [3.8, 4) is 16.9 Å². The zero-order chi connectivity index (χ0) is 25.8. The molecule has 0 saturated heterocycles. The summed E-state index contributed by atoms with van der Waals surface area (Å²) < 4.78 is 34.4. The molecule has 11 heteroatoms. The van der Waals surface area contributed by atoms with Crippen molar-refractivity contribution in [1.82, 2.24) is 20.8 Å². The van der Waals surface area contributed by atoms with Crippen molar-refractivity contribution in [3.63, 3.8) is 0 Å². The minimum atomic E-state index is -0.959. The third-order valence-electron chi connectivity index (χ3n) is 5.71. The Morgan fingerprint density at radius 3 is 2.69 bits per heavy atom. The largest absolute Gasteiger partial charge is 0.484 e. The van der Waals surface area contributed by atoms with Gasteiger partial charge in [0.15, 0.2) is 6.61 Å². The zero-order valence-electron chi connectivity index (χ0n) is 19.8. The highest BCUT2D eigenvalue weighted by molar-refractivity contribution is 5.95. The van der Waals surface area contributed by atoms with E-state index in [1.807, 2.05) is 0 Å². The van der Waals surface area contributed by atoms with Crippen molar-refractivity contribution in [2.24, 2.45) is 0 Å². The van der Waals surface area contributed by atoms with E-state index in [-0.39, 0.29) is 29.9 Å². The molecule has 2 heterocycles. The molecule has 9 nitrogen and oxygen atoms in total. The summed E-state index contributed by atoms with van der Waals surface area (Å²) in [6.07, 6.45) is 3.63. The minimum absolute atomic E-state index is 0.0698. The Bertz CT molecular complexity index is 1250. The Balaban J connectivity index is 1.48. The Morgan fingerprint density at radius 1 is 1.19 bits per heavy atom. The lowest BCUT2D eigenvalue weighted by atomic mass is 10.0. The van der Waals surface area contributed by atoms with E-state index in [1.54, 1.807) is 26.1 Å². The van der Waals surface area contributed by atoms with Crippen LogP contribution in [0.4, 0.5) is 19.3 Å². The number of nitrogens with one attached hydrogen (secondary N) is 3. The number of fused-ring (bicyclic) bond motifs is 1. The number of rotatable bonds is 8. The zero-order valence-corrected chi connectivity index (χ0v) is 19.8. The van der Waals surface area contributed by atoms with E-state index in [1.165, 1.54) is 23.2 Å². The van der Waals surface area contributed by atoms with Crippen LogP contribution in [0.3, 0.4) is 0 Å². The lowest BCUT2D eigenvalue weighted by Gasteiger charge is -2.23. The number of nitrogens with zero attached hydrogens (tertiary/aromatic N) is 2. The van der Waals surface area contributed by atoms with Crippen LogP contribution in [0, 0.1) is 11.6 Å². The van der Waals surface area contributed by atoms with Gasteiger partial charge in [-0.25, -0.2) is 13.6 Å². The number of hydrogen-bond donors (Lipinski definition) is 4. The standard InChI is InChI=1S/C25H27F2N5O4/c1-14(2)30-24(34)13-36-19-6-16(5-18(26)8-19)22(12-33)31-25(35)32-4-3-15-7-20(17-10-28-29-11-17)21(27)9-23(15)32/h5-11,14,22,33H,3-4,12-13H2,1-2H3,(H,28,29)(H,30,34)(H,31,35)/t22-/m1/s1. The number of halogens is 2. The molecule has 3 amide bonds. The van der Waals surface area contributed by atoms with E-state index in [4.69, 9.17) is 4.74 Å². The molecule has 0 saturated carbocycles. The number of carbonyl (C=O) groups excluding carboxylic acids is 2. The number of carbonyl (C=O) groups is 2. The van der Waals surface area contributed by atoms with Crippen molar-refractivity contribution in [3.05, 3.63) is 65.5 Å². The van der Waals surface area contributed by atoms with Crippen molar-refractivity contribution < 1.29 is 28.2 Å². The van der Waals surface area contributed by atoms with Crippen LogP contribution in [-0.4, -0.2) is 53.0 Å². The normalized spacial score (nSPS) is 13.4. The Hall–Kier alpha value is -3.99. The number of benzene rings is 2. The molecule has 2 aromatic carbocycles. The van der Waals surface area contributed by atoms with E-state index in [9.17, 15) is 23.5 Å². The minimum Gasteiger partial charge on any atom is -0.484 e. The number of hydrogen-bond acceptors (Lipinski definition) is 5. The third kappa shape index (κ3) is 5.62. The van der Waals surface area contributed by atoms with Gasteiger partial charge in [-0.15, -0.1) is 0 Å². The maximum atomic E-state index is 14.8. The number of ether oxygens (including phenoxy) is 1. The summed E-state index contributed by atoms with van der Waals surface area (Å²) in [5.41, 5.74) is 2.46. The maximum Gasteiger partial charge on any atom is 0.322 e. The van der Waals surface area contributed by atoms with Crippen molar-refractivity contribution in [1.29, 1.82) is 0 Å². The van der Waals surface area contributed by atoms with Gasteiger partial charge >= 0.3 is 6.03 Å². The van der Waals surface area contributed by atoms with Gasteiger partial charge in [0, 0.05) is 36.0 Å². The van der Waals surface area contributed by atoms with E-state index in [2.05, 4.69) is 20.8 Å². The molecule has 0 unspecified atom stereocenters. The second kappa shape index (κ2) is 10.7. The molecule has 0 spiro atoms. The highest BCUT2D eigenvalue weighted by Gasteiger charge is 2.28. The molecule has 0 aliphatic carbocycles. The molecule has 3 aromatic rings. The molecule has 36 heavy (non-hydrogen) atoms. The Labute approximate surface area is 206 Å². The van der Waals surface area contributed by atoms with Gasteiger partial charge in [-0.05, 0) is 55.7 Å². The predicted octanol–water partition coefficient (Wildman–Crippen LogP) is 3.06. The van der Waals surface area contributed by atoms with Gasteiger partial charge in [0.2, 0.25) is 0 Å². The fourth-order valence-electron chi connectivity index (χ4n) is 4.08. The van der Waals surface area contributed by atoms with Crippen molar-refractivity contribution in [2.75, 3.05) is 24.7 Å². The summed E-state index contributed by atoms with van der Waals surface area (Å²) in [5.74, 6) is -1.43. The molecule has 0 fully saturated rings. The monoisotopic (exact) mass is 499 g/mol. The summed E-state index contributed by atoms with van der Waals surface area (Å²) in [6, 6.07) is 5.12. The molecule has 0 radical (unpaired) electrons. The number of amides is 3. The molecular formula is C25H27F2N5O4. The van der Waals surface area contributed by atoms with Crippen LogP contribution in [0.2, 0.25) is 0 Å². The number of H-pyrrole nitrogens is 1. The molecule has 1 aliphatic rings. The topological polar surface area (TPSA) is 120 Å². The predicted molar refractivity (Wildman–Crippen MR) is 129 cm³/mol.